The van der Waals surface area contributed by atoms with Crippen molar-refractivity contribution in [2.24, 2.45) is 0 Å². The zero-order valence-corrected chi connectivity index (χ0v) is 13.1. The van der Waals surface area contributed by atoms with Crippen LogP contribution in [0.3, 0.4) is 0 Å². The molecule has 0 bridgehead atoms. The molecule has 0 saturated heterocycles. The first-order chi connectivity index (χ1) is 10.1. The molecule has 0 aliphatic heterocycles. The number of hydrogen-bond acceptors (Lipinski definition) is 0. The maximum absolute atomic E-state index is 6.91. The van der Waals surface area contributed by atoms with E-state index >= 15 is 0 Å². The molecule has 0 heterocycles. The zero-order valence-electron chi connectivity index (χ0n) is 12.4. The van der Waals surface area contributed by atoms with Crippen molar-refractivity contribution in [3.63, 3.8) is 0 Å². The average Bonchev–Trinajstić information content (AvgIpc) is 2.54. The molecule has 106 valence electrons. The summed E-state index contributed by atoms with van der Waals surface area (Å²) in [6.07, 6.45) is 0. The minimum atomic E-state index is -0.132. The van der Waals surface area contributed by atoms with Crippen LogP contribution in [0.25, 0.3) is 10.8 Å². The summed E-state index contributed by atoms with van der Waals surface area (Å²) in [5.74, 6) is 0. The molecule has 0 aliphatic rings. The van der Waals surface area contributed by atoms with E-state index < -0.39 is 0 Å². The van der Waals surface area contributed by atoms with Gasteiger partial charge in [0.2, 0.25) is 0 Å². The summed E-state index contributed by atoms with van der Waals surface area (Å²) < 4.78 is 0. The minimum absolute atomic E-state index is 0.0778. The number of rotatable bonds is 3. The van der Waals surface area contributed by atoms with E-state index in [1.54, 1.807) is 0 Å². The number of benzene rings is 3. The summed E-state index contributed by atoms with van der Waals surface area (Å²) in [4.78, 5) is 0. The van der Waals surface area contributed by atoms with Gasteiger partial charge < -0.3 is 0 Å². The third-order valence-corrected chi connectivity index (χ3v) is 5.03. The lowest BCUT2D eigenvalue weighted by atomic mass is 9.78. The van der Waals surface area contributed by atoms with Crippen LogP contribution in [-0.4, -0.2) is 0 Å². The Morgan fingerprint density at radius 3 is 2.14 bits per heavy atom. The zero-order chi connectivity index (χ0) is 14.9. The first kappa shape index (κ1) is 14.2. The van der Waals surface area contributed by atoms with Crippen LogP contribution in [0, 0.1) is 0 Å². The third-order valence-electron chi connectivity index (χ3n) is 4.25. The molecule has 3 aromatic carbocycles. The average molecular weight is 295 g/mol. The Kier molecular flexibility index (Phi) is 3.73. The number of alkyl halides is 1. The van der Waals surface area contributed by atoms with Gasteiger partial charge in [0.15, 0.2) is 0 Å². The largest absolute Gasteiger partial charge is 0.117 e. The van der Waals surface area contributed by atoms with Crippen LogP contribution in [0.1, 0.15) is 30.4 Å². The van der Waals surface area contributed by atoms with Gasteiger partial charge in [-0.25, -0.2) is 0 Å². The summed E-state index contributed by atoms with van der Waals surface area (Å²) >= 11 is 6.91. The Hall–Kier alpha value is -1.79. The lowest BCUT2D eigenvalue weighted by Crippen LogP contribution is -2.23. The molecule has 1 unspecified atom stereocenters. The quantitative estimate of drug-likeness (QED) is 0.512. The van der Waals surface area contributed by atoms with Crippen molar-refractivity contribution in [1.82, 2.24) is 0 Å². The second-order valence-corrected chi connectivity index (χ2v) is 6.46. The Labute approximate surface area is 131 Å². The fourth-order valence-electron chi connectivity index (χ4n) is 2.87. The highest BCUT2D eigenvalue weighted by Gasteiger charge is 2.31. The summed E-state index contributed by atoms with van der Waals surface area (Å²) in [5.41, 5.74) is 2.33. The second kappa shape index (κ2) is 5.54. The van der Waals surface area contributed by atoms with E-state index in [0.717, 1.165) is 0 Å². The van der Waals surface area contributed by atoms with Gasteiger partial charge >= 0.3 is 0 Å². The minimum Gasteiger partial charge on any atom is -0.117 e. The maximum atomic E-state index is 6.91. The maximum Gasteiger partial charge on any atom is 0.0682 e. The smallest absolute Gasteiger partial charge is 0.0682 e. The summed E-state index contributed by atoms with van der Waals surface area (Å²) in [6.45, 7) is 4.42. The van der Waals surface area contributed by atoms with Crippen molar-refractivity contribution >= 4 is 22.4 Å². The molecule has 0 aromatic heterocycles. The molecule has 0 spiro atoms. The van der Waals surface area contributed by atoms with E-state index in [9.17, 15) is 0 Å². The summed E-state index contributed by atoms with van der Waals surface area (Å²) in [6, 6.07) is 25.3. The van der Waals surface area contributed by atoms with E-state index in [4.69, 9.17) is 11.6 Å². The summed E-state index contributed by atoms with van der Waals surface area (Å²) in [5, 5.41) is 2.40. The predicted molar refractivity (Wildman–Crippen MR) is 92.0 cm³/mol. The van der Waals surface area contributed by atoms with Crippen molar-refractivity contribution in [3.05, 3.63) is 83.9 Å². The van der Waals surface area contributed by atoms with Gasteiger partial charge in [0.05, 0.1) is 5.38 Å². The van der Waals surface area contributed by atoms with E-state index in [1.165, 1.54) is 21.9 Å². The first-order valence-corrected chi connectivity index (χ1v) is 7.71. The van der Waals surface area contributed by atoms with Crippen LogP contribution < -0.4 is 0 Å². The molecule has 1 heteroatoms. The summed E-state index contributed by atoms with van der Waals surface area (Å²) in [7, 11) is 0. The molecule has 3 rings (SSSR count). The highest BCUT2D eigenvalue weighted by atomic mass is 35.5. The van der Waals surface area contributed by atoms with E-state index in [2.05, 4.69) is 80.6 Å². The van der Waals surface area contributed by atoms with Gasteiger partial charge in [-0.1, -0.05) is 86.6 Å². The van der Waals surface area contributed by atoms with Gasteiger partial charge in [0.1, 0.15) is 0 Å². The van der Waals surface area contributed by atoms with Crippen molar-refractivity contribution in [2.75, 3.05) is 0 Å². The van der Waals surface area contributed by atoms with Crippen LogP contribution in [0.15, 0.2) is 72.8 Å². The predicted octanol–water partition coefficient (Wildman–Crippen LogP) is 6.10. The van der Waals surface area contributed by atoms with Crippen LogP contribution in [0.4, 0.5) is 0 Å². The van der Waals surface area contributed by atoms with Gasteiger partial charge in [-0.05, 0) is 21.9 Å². The molecule has 1 atom stereocenters. The normalized spacial score (nSPS) is 13.3. The SMILES string of the molecule is CC(C)(c1ccccc1)C(Cl)c1cccc2ccccc12. The number of hydrogen-bond donors (Lipinski definition) is 0. The lowest BCUT2D eigenvalue weighted by Gasteiger charge is -2.31. The van der Waals surface area contributed by atoms with Crippen molar-refractivity contribution < 1.29 is 0 Å². The molecule has 3 aromatic rings. The topological polar surface area (TPSA) is 0 Å². The molecular formula is C20H19Cl. The van der Waals surface area contributed by atoms with Crippen LogP contribution in [0.5, 0.6) is 0 Å². The van der Waals surface area contributed by atoms with Crippen LogP contribution >= 0.6 is 11.6 Å². The molecule has 0 saturated carbocycles. The molecular weight excluding hydrogens is 276 g/mol. The van der Waals surface area contributed by atoms with Crippen molar-refractivity contribution in [3.8, 4) is 0 Å². The van der Waals surface area contributed by atoms with E-state index in [1.807, 2.05) is 6.07 Å². The first-order valence-electron chi connectivity index (χ1n) is 7.28. The lowest BCUT2D eigenvalue weighted by molar-refractivity contribution is 0.506. The van der Waals surface area contributed by atoms with Crippen molar-refractivity contribution in [1.29, 1.82) is 0 Å². The molecule has 0 aliphatic carbocycles. The van der Waals surface area contributed by atoms with Crippen LogP contribution in [-0.2, 0) is 5.41 Å². The van der Waals surface area contributed by atoms with Crippen LogP contribution in [0.2, 0.25) is 0 Å². The monoisotopic (exact) mass is 294 g/mol. The Balaban J connectivity index is 2.10. The fourth-order valence-corrected chi connectivity index (χ4v) is 3.19. The van der Waals surface area contributed by atoms with Gasteiger partial charge in [-0.2, -0.15) is 0 Å². The fraction of sp³-hybridized carbons (Fsp3) is 0.200. The molecule has 0 radical (unpaired) electrons. The molecule has 21 heavy (non-hydrogen) atoms. The Morgan fingerprint density at radius 1 is 0.762 bits per heavy atom. The molecule has 0 N–H and O–H groups in total. The van der Waals surface area contributed by atoms with Crippen molar-refractivity contribution in [2.45, 2.75) is 24.6 Å². The van der Waals surface area contributed by atoms with Gasteiger partial charge in [-0.3, -0.25) is 0 Å². The van der Waals surface area contributed by atoms with Gasteiger partial charge in [0, 0.05) is 5.41 Å². The van der Waals surface area contributed by atoms with E-state index in [-0.39, 0.29) is 10.8 Å². The second-order valence-electron chi connectivity index (χ2n) is 6.02. The molecule has 0 fully saturated rings. The third kappa shape index (κ3) is 2.56. The number of fused-ring (bicyclic) bond motifs is 1. The highest BCUT2D eigenvalue weighted by molar-refractivity contribution is 6.22. The molecule has 0 nitrogen and oxygen atoms in total. The van der Waals surface area contributed by atoms with Gasteiger partial charge in [-0.15, -0.1) is 11.6 Å². The standard InChI is InChI=1S/C20H19Cl/c1-20(2,16-11-4-3-5-12-16)19(21)18-14-8-10-15-9-6-7-13-17(15)18/h3-14,19H,1-2H3. The Bertz CT molecular complexity index is 739. The van der Waals surface area contributed by atoms with E-state index in [0.29, 0.717) is 0 Å². The molecule has 0 amide bonds. The Morgan fingerprint density at radius 2 is 1.38 bits per heavy atom. The highest BCUT2D eigenvalue weighted by Crippen LogP contribution is 2.43. The van der Waals surface area contributed by atoms with Gasteiger partial charge in [0.25, 0.3) is 0 Å². The number of halogens is 1.